The van der Waals surface area contributed by atoms with Crippen molar-refractivity contribution in [3.63, 3.8) is 0 Å². The van der Waals surface area contributed by atoms with Gasteiger partial charge in [-0.3, -0.25) is 4.79 Å². The fourth-order valence-corrected chi connectivity index (χ4v) is 5.22. The number of carbonyl (C=O) groups excluding carboxylic acids is 1. The van der Waals surface area contributed by atoms with Gasteiger partial charge in [-0.05, 0) is 68.0 Å². The molecule has 3 N–H and O–H groups in total. The van der Waals surface area contributed by atoms with E-state index in [0.29, 0.717) is 25.2 Å². The van der Waals surface area contributed by atoms with Gasteiger partial charge in [-0.2, -0.15) is 0 Å². The van der Waals surface area contributed by atoms with Gasteiger partial charge < -0.3 is 20.6 Å². The van der Waals surface area contributed by atoms with Crippen LogP contribution in [0, 0.1) is 6.57 Å². The lowest BCUT2D eigenvalue weighted by Gasteiger charge is -2.25. The Kier molecular flexibility index (Phi) is 8.43. The van der Waals surface area contributed by atoms with Crippen LogP contribution in [-0.4, -0.2) is 18.1 Å². The summed E-state index contributed by atoms with van der Waals surface area (Å²) in [6.45, 7) is 12.6. The first-order chi connectivity index (χ1) is 17.8. The van der Waals surface area contributed by atoms with E-state index in [0.717, 1.165) is 42.4 Å². The Morgan fingerprint density at radius 3 is 2.35 bits per heavy atom. The van der Waals surface area contributed by atoms with E-state index in [4.69, 9.17) is 17.0 Å². The Hall–Kier alpha value is -3.46. The van der Waals surface area contributed by atoms with Gasteiger partial charge in [-0.15, -0.1) is 0 Å². The molecule has 1 saturated carbocycles. The van der Waals surface area contributed by atoms with Gasteiger partial charge in [0, 0.05) is 29.5 Å². The molecule has 0 spiro atoms. The van der Waals surface area contributed by atoms with Crippen LogP contribution in [0.3, 0.4) is 0 Å². The third-order valence-electron chi connectivity index (χ3n) is 7.24. The molecule has 2 atom stereocenters. The van der Waals surface area contributed by atoms with Crippen LogP contribution < -0.4 is 11.1 Å². The molecule has 3 aromatic carbocycles. The maximum Gasteiger partial charge on any atom is 0.257 e. The lowest BCUT2D eigenvalue weighted by atomic mass is 9.86. The second-order valence-electron chi connectivity index (χ2n) is 10.7. The largest absolute Gasteiger partial charge is 0.375 e. The molecule has 0 aliphatic heterocycles. The zero-order valence-corrected chi connectivity index (χ0v) is 21.9. The van der Waals surface area contributed by atoms with Crippen LogP contribution in [0.4, 0.5) is 0 Å². The average molecular weight is 496 g/mol. The Labute approximate surface area is 220 Å². The summed E-state index contributed by atoms with van der Waals surface area (Å²) >= 11 is 0. The molecule has 0 heterocycles. The van der Waals surface area contributed by atoms with Crippen LogP contribution in [0.25, 0.3) is 4.85 Å². The molecule has 1 fully saturated rings. The number of amides is 1. The highest BCUT2D eigenvalue weighted by atomic mass is 16.5. The highest BCUT2D eigenvalue weighted by molar-refractivity contribution is 5.95. The molecular formula is C32H37N3O2. The molecule has 0 radical (unpaired) electrons. The summed E-state index contributed by atoms with van der Waals surface area (Å²) in [4.78, 5) is 17.4. The van der Waals surface area contributed by atoms with Crippen molar-refractivity contribution in [1.82, 2.24) is 5.32 Å². The summed E-state index contributed by atoms with van der Waals surface area (Å²) in [5.41, 5.74) is 10.0. The number of rotatable bonds is 10. The van der Waals surface area contributed by atoms with Crippen LogP contribution >= 0.6 is 0 Å². The molecule has 3 aromatic rings. The standard InChI is InChI=1S/C32H37N3O2/c1-24(27-14-8-5-9-15-27)35-30(36)28-18-26(19-29(20-28)32(34-3)16-10-11-17-32)22-37-23-31(2,33)21-25-12-6-4-7-13-25/h4-9,12-15,18-20,24H,10-11,16-17,21-23,33H2,1-2H3,(H,35,36)/t24-,31?/m1/s1. The van der Waals surface area contributed by atoms with E-state index < -0.39 is 11.1 Å². The molecule has 1 unspecified atom stereocenters. The topological polar surface area (TPSA) is 68.7 Å². The number of hydrogen-bond acceptors (Lipinski definition) is 3. The normalized spacial score (nSPS) is 16.9. The molecule has 1 aliphatic carbocycles. The van der Waals surface area contributed by atoms with Crippen LogP contribution in [0.1, 0.15) is 78.2 Å². The van der Waals surface area contributed by atoms with Crippen molar-refractivity contribution in [1.29, 1.82) is 0 Å². The summed E-state index contributed by atoms with van der Waals surface area (Å²) < 4.78 is 6.09. The zero-order chi connectivity index (χ0) is 26.3. The Morgan fingerprint density at radius 1 is 1.05 bits per heavy atom. The van der Waals surface area contributed by atoms with E-state index in [2.05, 4.69) is 22.3 Å². The molecular weight excluding hydrogens is 458 g/mol. The van der Waals surface area contributed by atoms with Gasteiger partial charge in [-0.1, -0.05) is 60.7 Å². The van der Waals surface area contributed by atoms with Crippen molar-refractivity contribution in [3.05, 3.63) is 118 Å². The lowest BCUT2D eigenvalue weighted by Crippen LogP contribution is -2.43. The van der Waals surface area contributed by atoms with Crippen molar-refractivity contribution in [2.45, 2.75) is 69.7 Å². The molecule has 192 valence electrons. The molecule has 0 saturated heterocycles. The van der Waals surface area contributed by atoms with Gasteiger partial charge in [0.25, 0.3) is 11.4 Å². The van der Waals surface area contributed by atoms with Crippen molar-refractivity contribution < 1.29 is 9.53 Å². The zero-order valence-electron chi connectivity index (χ0n) is 21.9. The van der Waals surface area contributed by atoms with E-state index >= 15 is 0 Å². The predicted molar refractivity (Wildman–Crippen MR) is 148 cm³/mol. The molecule has 1 aliphatic rings. The fourth-order valence-electron chi connectivity index (χ4n) is 5.22. The number of nitrogens with one attached hydrogen (secondary N) is 1. The number of hydrogen-bond donors (Lipinski definition) is 2. The quantitative estimate of drug-likeness (QED) is 0.322. The molecule has 4 rings (SSSR count). The van der Waals surface area contributed by atoms with Gasteiger partial charge in [0.1, 0.15) is 0 Å². The van der Waals surface area contributed by atoms with E-state index in [1.165, 1.54) is 5.56 Å². The number of nitrogens with two attached hydrogens (primary N) is 1. The predicted octanol–water partition coefficient (Wildman–Crippen LogP) is 6.34. The molecule has 5 heteroatoms. The maximum absolute atomic E-state index is 13.3. The summed E-state index contributed by atoms with van der Waals surface area (Å²) in [6.07, 6.45) is 4.40. The molecule has 0 bridgehead atoms. The smallest absolute Gasteiger partial charge is 0.257 e. The molecule has 0 aromatic heterocycles. The first kappa shape index (κ1) is 26.6. The summed E-state index contributed by atoms with van der Waals surface area (Å²) in [7, 11) is 0. The average Bonchev–Trinajstić information content (AvgIpc) is 3.40. The van der Waals surface area contributed by atoms with Crippen molar-refractivity contribution in [2.75, 3.05) is 6.61 Å². The van der Waals surface area contributed by atoms with Crippen LogP contribution in [0.5, 0.6) is 0 Å². The number of nitrogens with zero attached hydrogens (tertiary/aromatic N) is 1. The minimum absolute atomic E-state index is 0.130. The Balaban J connectivity index is 1.52. The first-order valence-corrected chi connectivity index (χ1v) is 13.1. The highest BCUT2D eigenvalue weighted by Gasteiger charge is 2.42. The van der Waals surface area contributed by atoms with E-state index in [9.17, 15) is 4.79 Å². The summed E-state index contributed by atoms with van der Waals surface area (Å²) in [5, 5.41) is 3.12. The van der Waals surface area contributed by atoms with Gasteiger partial charge >= 0.3 is 0 Å². The number of carbonyl (C=O) groups is 1. The Morgan fingerprint density at radius 2 is 1.70 bits per heavy atom. The molecule has 5 nitrogen and oxygen atoms in total. The number of ether oxygens (including phenoxy) is 1. The van der Waals surface area contributed by atoms with Gasteiger partial charge in [0.15, 0.2) is 0 Å². The van der Waals surface area contributed by atoms with Crippen LogP contribution in [0.2, 0.25) is 0 Å². The Bertz CT molecular complexity index is 1230. The number of benzene rings is 3. The van der Waals surface area contributed by atoms with E-state index in [-0.39, 0.29) is 11.9 Å². The second kappa shape index (κ2) is 11.7. The lowest BCUT2D eigenvalue weighted by molar-refractivity contribution is 0.0789. The minimum Gasteiger partial charge on any atom is -0.375 e. The summed E-state index contributed by atoms with van der Waals surface area (Å²) in [5.74, 6) is -0.148. The van der Waals surface area contributed by atoms with E-state index in [1.54, 1.807) is 0 Å². The van der Waals surface area contributed by atoms with Crippen LogP contribution in [0.15, 0.2) is 78.9 Å². The van der Waals surface area contributed by atoms with Crippen molar-refractivity contribution in [2.24, 2.45) is 5.73 Å². The SMILES string of the molecule is [C-]#[N+]C1(c2cc(COCC(C)(N)Cc3ccccc3)cc(C(=O)N[C@H](C)c3ccccc3)c2)CCCC1. The first-order valence-electron chi connectivity index (χ1n) is 13.1. The molecule has 1 amide bonds. The monoisotopic (exact) mass is 495 g/mol. The summed E-state index contributed by atoms with van der Waals surface area (Å²) in [6, 6.07) is 25.8. The molecule has 37 heavy (non-hydrogen) atoms. The van der Waals surface area contributed by atoms with Gasteiger partial charge in [0.2, 0.25) is 0 Å². The fraction of sp³-hybridized carbons (Fsp3) is 0.375. The third-order valence-corrected chi connectivity index (χ3v) is 7.24. The minimum atomic E-state index is -0.564. The van der Waals surface area contributed by atoms with Gasteiger partial charge in [0.05, 0.1) is 19.3 Å². The van der Waals surface area contributed by atoms with Crippen molar-refractivity contribution in [3.8, 4) is 0 Å². The van der Waals surface area contributed by atoms with Gasteiger partial charge in [-0.25, -0.2) is 6.57 Å². The van der Waals surface area contributed by atoms with E-state index in [1.807, 2.05) is 80.6 Å². The highest BCUT2D eigenvalue weighted by Crippen LogP contribution is 2.43. The second-order valence-corrected chi connectivity index (χ2v) is 10.7. The van der Waals surface area contributed by atoms with Crippen molar-refractivity contribution >= 4 is 5.91 Å². The third kappa shape index (κ3) is 6.85. The van der Waals surface area contributed by atoms with Crippen LogP contribution in [-0.2, 0) is 23.3 Å². The maximum atomic E-state index is 13.3.